The molecule has 0 radical (unpaired) electrons. The fourth-order valence-electron chi connectivity index (χ4n) is 2.39. The Hall–Kier alpha value is -1.59. The Morgan fingerprint density at radius 2 is 2.19 bits per heavy atom. The number of hydrogen-bond donors (Lipinski definition) is 1. The van der Waals surface area contributed by atoms with E-state index in [9.17, 15) is 14.4 Å². The zero-order valence-corrected chi connectivity index (χ0v) is 9.23. The minimum atomic E-state index is -0.745. The highest BCUT2D eigenvalue weighted by molar-refractivity contribution is 6.01. The molecular weight excluding hydrogens is 212 g/mol. The molecule has 0 aliphatic carbocycles. The lowest BCUT2D eigenvalue weighted by atomic mass is 10.0. The number of piperazine rings is 1. The van der Waals surface area contributed by atoms with Crippen LogP contribution in [0.25, 0.3) is 0 Å². The first-order valence-corrected chi connectivity index (χ1v) is 5.22. The van der Waals surface area contributed by atoms with E-state index in [1.165, 1.54) is 12.0 Å². The Bertz CT molecular complexity index is 355. The van der Waals surface area contributed by atoms with Gasteiger partial charge >= 0.3 is 5.97 Å². The van der Waals surface area contributed by atoms with Crippen molar-refractivity contribution in [1.29, 1.82) is 0 Å². The number of ether oxygens (including phenoxy) is 1. The van der Waals surface area contributed by atoms with Gasteiger partial charge in [0.2, 0.25) is 11.8 Å². The third kappa shape index (κ3) is 1.54. The van der Waals surface area contributed by atoms with Gasteiger partial charge < -0.3 is 15.0 Å². The monoisotopic (exact) mass is 226 g/mol. The van der Waals surface area contributed by atoms with Gasteiger partial charge in [0.05, 0.1) is 19.7 Å². The molecule has 6 heteroatoms. The molecule has 0 aromatic rings. The van der Waals surface area contributed by atoms with E-state index >= 15 is 0 Å². The molecule has 0 saturated carbocycles. The van der Waals surface area contributed by atoms with Crippen LogP contribution >= 0.6 is 0 Å². The van der Waals surface area contributed by atoms with Gasteiger partial charge in [0.25, 0.3) is 0 Å². The van der Waals surface area contributed by atoms with Crippen LogP contribution in [0.4, 0.5) is 0 Å². The summed E-state index contributed by atoms with van der Waals surface area (Å²) in [7, 11) is 1.26. The highest BCUT2D eigenvalue weighted by Gasteiger charge is 2.48. The first-order valence-electron chi connectivity index (χ1n) is 5.22. The predicted molar refractivity (Wildman–Crippen MR) is 53.2 cm³/mol. The van der Waals surface area contributed by atoms with Crippen LogP contribution in [0, 0.1) is 5.92 Å². The summed E-state index contributed by atoms with van der Waals surface area (Å²) in [5.41, 5.74) is 0. The van der Waals surface area contributed by atoms with Crippen LogP contribution in [0.3, 0.4) is 0 Å². The van der Waals surface area contributed by atoms with Crippen molar-refractivity contribution in [3.8, 4) is 0 Å². The molecule has 0 aromatic carbocycles. The van der Waals surface area contributed by atoms with E-state index < -0.39 is 11.9 Å². The maximum absolute atomic E-state index is 11.9. The Labute approximate surface area is 92.9 Å². The summed E-state index contributed by atoms with van der Waals surface area (Å²) in [6, 6.07) is -0.200. The fourth-order valence-corrected chi connectivity index (χ4v) is 2.39. The number of methoxy groups -OCH3 is 1. The largest absolute Gasteiger partial charge is 0.468 e. The van der Waals surface area contributed by atoms with E-state index in [2.05, 4.69) is 10.1 Å². The number of esters is 1. The maximum atomic E-state index is 11.9. The van der Waals surface area contributed by atoms with Gasteiger partial charge in [0.15, 0.2) is 0 Å². The van der Waals surface area contributed by atoms with E-state index in [0.717, 1.165) is 0 Å². The molecule has 2 amide bonds. The van der Waals surface area contributed by atoms with E-state index in [-0.39, 0.29) is 30.4 Å². The predicted octanol–water partition coefficient (Wildman–Crippen LogP) is -1.11. The van der Waals surface area contributed by atoms with Crippen LogP contribution in [0.2, 0.25) is 0 Å². The summed E-state index contributed by atoms with van der Waals surface area (Å²) in [5.74, 6) is -1.73. The minimum Gasteiger partial charge on any atom is -0.468 e. The van der Waals surface area contributed by atoms with Gasteiger partial charge in [0, 0.05) is 6.04 Å². The molecule has 1 unspecified atom stereocenters. The lowest BCUT2D eigenvalue weighted by Crippen LogP contribution is -2.57. The quantitative estimate of drug-likeness (QED) is 0.454. The van der Waals surface area contributed by atoms with Gasteiger partial charge in [-0.05, 0) is 13.3 Å². The van der Waals surface area contributed by atoms with E-state index in [0.29, 0.717) is 6.42 Å². The maximum Gasteiger partial charge on any atom is 0.318 e. The number of carbonyl (C=O) groups excluding carboxylic acids is 3. The summed E-state index contributed by atoms with van der Waals surface area (Å²) >= 11 is 0. The first kappa shape index (κ1) is 10.9. The number of carbonyl (C=O) groups is 3. The molecule has 2 aliphatic heterocycles. The number of amides is 2. The van der Waals surface area contributed by atoms with Gasteiger partial charge in [-0.25, -0.2) is 0 Å². The zero-order chi connectivity index (χ0) is 11.9. The van der Waals surface area contributed by atoms with Crippen molar-refractivity contribution >= 4 is 17.8 Å². The van der Waals surface area contributed by atoms with E-state index in [1.807, 2.05) is 6.92 Å². The number of fused-ring (bicyclic) bond motifs is 1. The summed E-state index contributed by atoms with van der Waals surface area (Å²) in [4.78, 5) is 36.0. The van der Waals surface area contributed by atoms with Crippen molar-refractivity contribution in [3.63, 3.8) is 0 Å². The molecule has 3 atom stereocenters. The minimum absolute atomic E-state index is 0.0430. The summed E-state index contributed by atoms with van der Waals surface area (Å²) in [5, 5.41) is 2.76. The lowest BCUT2D eigenvalue weighted by Gasteiger charge is -2.34. The second kappa shape index (κ2) is 3.77. The van der Waals surface area contributed by atoms with Gasteiger partial charge in [-0.1, -0.05) is 0 Å². The third-order valence-electron chi connectivity index (χ3n) is 3.22. The van der Waals surface area contributed by atoms with Crippen molar-refractivity contribution in [2.24, 2.45) is 5.92 Å². The third-order valence-corrected chi connectivity index (χ3v) is 3.22. The highest BCUT2D eigenvalue weighted by Crippen LogP contribution is 2.29. The van der Waals surface area contributed by atoms with Crippen molar-refractivity contribution in [2.75, 3.05) is 13.7 Å². The van der Waals surface area contributed by atoms with E-state index in [4.69, 9.17) is 0 Å². The molecule has 2 saturated heterocycles. The molecule has 2 heterocycles. The first-order chi connectivity index (χ1) is 7.54. The second-order valence-electron chi connectivity index (χ2n) is 4.20. The van der Waals surface area contributed by atoms with E-state index in [1.54, 1.807) is 0 Å². The van der Waals surface area contributed by atoms with Crippen molar-refractivity contribution in [1.82, 2.24) is 10.2 Å². The number of hydrogen-bond acceptors (Lipinski definition) is 4. The molecule has 2 rings (SSSR count). The second-order valence-corrected chi connectivity index (χ2v) is 4.20. The molecule has 0 aromatic heterocycles. The molecule has 16 heavy (non-hydrogen) atoms. The summed E-state index contributed by atoms with van der Waals surface area (Å²) < 4.78 is 4.58. The van der Waals surface area contributed by atoms with Crippen LogP contribution in [-0.4, -0.2) is 48.4 Å². The standard InChI is InChI=1S/C10H14N2O4/c1-5-7-3-6(10(15)16-2)9(14)12(7)4-8(13)11-5/h5-7H,3-4H2,1-2H3,(H,11,13)/t5-,6?,7-/m0/s1. The molecule has 1 N–H and O–H groups in total. The van der Waals surface area contributed by atoms with Crippen LogP contribution in [0.5, 0.6) is 0 Å². The van der Waals surface area contributed by atoms with Gasteiger partial charge in [-0.2, -0.15) is 0 Å². The molecule has 0 spiro atoms. The molecular formula is C10H14N2O4. The van der Waals surface area contributed by atoms with Crippen LogP contribution < -0.4 is 5.32 Å². The average molecular weight is 226 g/mol. The Kier molecular flexibility index (Phi) is 2.57. The lowest BCUT2D eigenvalue weighted by molar-refractivity contribution is -0.151. The van der Waals surface area contributed by atoms with Crippen molar-refractivity contribution < 1.29 is 19.1 Å². The van der Waals surface area contributed by atoms with Crippen LogP contribution in [0.1, 0.15) is 13.3 Å². The van der Waals surface area contributed by atoms with Crippen molar-refractivity contribution in [3.05, 3.63) is 0 Å². The topological polar surface area (TPSA) is 75.7 Å². The Morgan fingerprint density at radius 3 is 2.81 bits per heavy atom. The molecule has 6 nitrogen and oxygen atoms in total. The molecule has 0 bridgehead atoms. The number of rotatable bonds is 1. The highest BCUT2D eigenvalue weighted by atomic mass is 16.5. The molecule has 2 fully saturated rings. The summed E-state index contributed by atoms with van der Waals surface area (Å²) in [6.07, 6.45) is 0.424. The SMILES string of the molecule is COC(=O)C1C[C@H]2[C@H](C)NC(=O)CN2C1=O. The fraction of sp³-hybridized carbons (Fsp3) is 0.700. The molecule has 2 aliphatic rings. The molecule has 88 valence electrons. The average Bonchev–Trinajstić information content (AvgIpc) is 2.56. The zero-order valence-electron chi connectivity index (χ0n) is 9.23. The van der Waals surface area contributed by atoms with Crippen molar-refractivity contribution in [2.45, 2.75) is 25.4 Å². The van der Waals surface area contributed by atoms with Gasteiger partial charge in [-0.3, -0.25) is 14.4 Å². The van der Waals surface area contributed by atoms with Gasteiger partial charge in [0.1, 0.15) is 5.92 Å². The summed E-state index contributed by atoms with van der Waals surface area (Å²) in [6.45, 7) is 1.88. The number of nitrogens with zero attached hydrogens (tertiary/aromatic N) is 1. The smallest absolute Gasteiger partial charge is 0.318 e. The Morgan fingerprint density at radius 1 is 1.50 bits per heavy atom. The normalized spacial score (nSPS) is 33.4. The van der Waals surface area contributed by atoms with Crippen LogP contribution in [0.15, 0.2) is 0 Å². The number of nitrogens with one attached hydrogen (secondary N) is 1. The van der Waals surface area contributed by atoms with Gasteiger partial charge in [-0.15, -0.1) is 0 Å². The van der Waals surface area contributed by atoms with Crippen LogP contribution in [-0.2, 0) is 19.1 Å². The Balaban J connectivity index is 2.19.